The summed E-state index contributed by atoms with van der Waals surface area (Å²) in [5.74, 6) is 6.60. The van der Waals surface area contributed by atoms with Crippen LogP contribution in [0.25, 0.3) is 22.3 Å². The highest BCUT2D eigenvalue weighted by Crippen LogP contribution is 2.53. The van der Waals surface area contributed by atoms with Gasteiger partial charge in [-0.3, -0.25) is 0 Å². The molecular formula is C56H39BN2O4. The number of ether oxygens (including phenoxy) is 4. The SMILES string of the molecule is CC.c1ccc2c(c1)Oc1c(-c3ccc(N4c5ccccc5Oc5ccccc54)cc3)cc(-c3ccc(N4c5ccccc5Oc5ccccc54)cc3)c3c1B2c1ccccc1O3. The minimum Gasteiger partial charge on any atom is -0.458 e. The van der Waals surface area contributed by atoms with Gasteiger partial charge in [-0.15, -0.1) is 0 Å². The van der Waals surface area contributed by atoms with Crippen LogP contribution >= 0.6 is 0 Å². The molecule has 0 fully saturated rings. The number of fused-ring (bicyclic) bond motifs is 8. The number of para-hydroxylation sites is 10. The summed E-state index contributed by atoms with van der Waals surface area (Å²) < 4.78 is 26.6. The summed E-state index contributed by atoms with van der Waals surface area (Å²) in [6.07, 6.45) is 0. The molecule has 0 N–H and O–H groups in total. The lowest BCUT2D eigenvalue weighted by Gasteiger charge is -2.35. The molecule has 0 saturated carbocycles. The van der Waals surface area contributed by atoms with Crippen molar-refractivity contribution in [2.24, 2.45) is 0 Å². The van der Waals surface area contributed by atoms with Gasteiger partial charge in [-0.2, -0.15) is 0 Å². The minimum absolute atomic E-state index is 0.0835. The van der Waals surface area contributed by atoms with E-state index in [4.69, 9.17) is 18.9 Å². The molecular weight excluding hydrogens is 775 g/mol. The predicted octanol–water partition coefficient (Wildman–Crippen LogP) is 13.9. The number of anilines is 6. The van der Waals surface area contributed by atoms with E-state index in [-0.39, 0.29) is 6.71 Å². The highest BCUT2D eigenvalue weighted by molar-refractivity contribution is 6.98. The van der Waals surface area contributed by atoms with Gasteiger partial charge >= 0.3 is 0 Å². The molecule has 4 aliphatic rings. The standard InChI is InChI=1S/C54H33BN2O4.C2H6/c1-7-19-46-40(13-1)55-41-14-2-8-20-47(41)61-54-39(35-27-31-37(32-28-35)57-44-17-5-11-23-50(44)59-51-24-12-6-18-45(51)57)33-38(53(60-46)52(54)55)34-25-29-36(30-26-34)56-42-15-3-9-21-48(42)58-49-22-10-4-16-43(49)56;1-2/h1-33H;1-2H3. The topological polar surface area (TPSA) is 43.4 Å². The van der Waals surface area contributed by atoms with E-state index >= 15 is 0 Å². The highest BCUT2D eigenvalue weighted by Gasteiger charge is 2.42. The van der Waals surface area contributed by atoms with Crippen LogP contribution in [0.4, 0.5) is 34.1 Å². The summed E-state index contributed by atoms with van der Waals surface area (Å²) in [6, 6.07) is 69.3. The molecule has 0 bridgehead atoms. The van der Waals surface area contributed by atoms with Crippen LogP contribution in [-0.2, 0) is 0 Å². The van der Waals surface area contributed by atoms with E-state index in [0.717, 1.165) is 119 Å². The first-order valence-corrected chi connectivity index (χ1v) is 21.5. The van der Waals surface area contributed by atoms with Crippen LogP contribution in [0.1, 0.15) is 13.8 Å². The molecule has 0 saturated heterocycles. The van der Waals surface area contributed by atoms with Crippen molar-refractivity contribution < 1.29 is 18.9 Å². The Morgan fingerprint density at radius 1 is 0.333 bits per heavy atom. The van der Waals surface area contributed by atoms with Gasteiger partial charge < -0.3 is 28.7 Å². The molecule has 0 spiro atoms. The minimum atomic E-state index is -0.0835. The van der Waals surface area contributed by atoms with Gasteiger partial charge in [-0.05, 0) is 113 Å². The zero-order chi connectivity index (χ0) is 42.0. The fourth-order valence-corrected chi connectivity index (χ4v) is 9.45. The van der Waals surface area contributed by atoms with Gasteiger partial charge in [0.05, 0.1) is 22.7 Å². The van der Waals surface area contributed by atoms with E-state index in [2.05, 4.69) is 125 Å². The highest BCUT2D eigenvalue weighted by atomic mass is 16.5. The fraction of sp³-hybridized carbons (Fsp3) is 0.0357. The maximum Gasteiger partial charge on any atom is 0.260 e. The normalized spacial score (nSPS) is 13.0. The number of hydrogen-bond donors (Lipinski definition) is 0. The monoisotopic (exact) mass is 814 g/mol. The maximum absolute atomic E-state index is 6.99. The molecule has 63 heavy (non-hydrogen) atoms. The zero-order valence-electron chi connectivity index (χ0n) is 34.7. The summed E-state index contributed by atoms with van der Waals surface area (Å²) in [5, 5.41) is 0. The molecule has 0 aliphatic carbocycles. The van der Waals surface area contributed by atoms with Crippen molar-refractivity contribution in [1.29, 1.82) is 0 Å². The van der Waals surface area contributed by atoms with Gasteiger partial charge in [0.2, 0.25) is 0 Å². The van der Waals surface area contributed by atoms with Gasteiger partial charge in [0.15, 0.2) is 23.0 Å². The van der Waals surface area contributed by atoms with Crippen LogP contribution < -0.4 is 45.1 Å². The zero-order valence-corrected chi connectivity index (χ0v) is 34.7. The first-order valence-electron chi connectivity index (χ1n) is 21.5. The Labute approximate surface area is 366 Å². The van der Waals surface area contributed by atoms with Gasteiger partial charge in [-0.25, -0.2) is 0 Å². The van der Waals surface area contributed by atoms with Crippen molar-refractivity contribution >= 4 is 57.2 Å². The molecule has 9 aromatic carbocycles. The Morgan fingerprint density at radius 3 is 1.02 bits per heavy atom. The Morgan fingerprint density at radius 2 is 0.651 bits per heavy atom. The van der Waals surface area contributed by atoms with Gasteiger partial charge in [0.25, 0.3) is 6.71 Å². The largest absolute Gasteiger partial charge is 0.458 e. The third-order valence-corrected chi connectivity index (χ3v) is 12.2. The smallest absolute Gasteiger partial charge is 0.260 e. The first kappa shape index (κ1) is 36.7. The van der Waals surface area contributed by atoms with Crippen LogP contribution in [0.5, 0.6) is 46.0 Å². The molecule has 0 aromatic heterocycles. The quantitative estimate of drug-likeness (QED) is 0.165. The molecule has 0 radical (unpaired) electrons. The van der Waals surface area contributed by atoms with Gasteiger partial charge in [0.1, 0.15) is 23.0 Å². The lowest BCUT2D eigenvalue weighted by Crippen LogP contribution is -2.57. The van der Waals surface area contributed by atoms with E-state index in [0.29, 0.717) is 0 Å². The van der Waals surface area contributed by atoms with E-state index in [1.54, 1.807) is 0 Å². The second-order valence-electron chi connectivity index (χ2n) is 15.6. The lowest BCUT2D eigenvalue weighted by atomic mass is 9.34. The number of nitrogens with zero attached hydrogens (tertiary/aromatic N) is 2. The average Bonchev–Trinajstić information content (AvgIpc) is 3.35. The molecule has 6 nitrogen and oxygen atoms in total. The molecule has 7 heteroatoms. The van der Waals surface area contributed by atoms with Crippen LogP contribution in [-0.4, -0.2) is 6.71 Å². The Hall–Kier alpha value is -8.16. The fourth-order valence-electron chi connectivity index (χ4n) is 9.45. The van der Waals surface area contributed by atoms with E-state index in [1.165, 1.54) is 0 Å². The molecule has 4 aliphatic heterocycles. The van der Waals surface area contributed by atoms with Gasteiger partial charge in [-0.1, -0.05) is 123 Å². The number of hydrogen-bond acceptors (Lipinski definition) is 6. The number of rotatable bonds is 4. The molecule has 13 rings (SSSR count). The summed E-state index contributed by atoms with van der Waals surface area (Å²) in [7, 11) is 0. The lowest BCUT2D eigenvalue weighted by molar-refractivity contribution is 0.467. The molecule has 9 aromatic rings. The first-order chi connectivity index (χ1) is 31.2. The molecule has 4 heterocycles. The molecule has 300 valence electrons. The second-order valence-corrected chi connectivity index (χ2v) is 15.6. The maximum atomic E-state index is 6.99. The summed E-state index contributed by atoms with van der Waals surface area (Å²) in [5.41, 5.74) is 13.4. The van der Waals surface area contributed by atoms with Crippen LogP contribution in [0.2, 0.25) is 0 Å². The van der Waals surface area contributed by atoms with Crippen molar-refractivity contribution in [3.05, 3.63) is 200 Å². The van der Waals surface area contributed by atoms with Gasteiger partial charge in [0, 0.05) is 28.0 Å². The van der Waals surface area contributed by atoms with E-state index < -0.39 is 0 Å². The Bertz CT molecular complexity index is 2940. The molecule has 0 unspecified atom stereocenters. The van der Waals surface area contributed by atoms with E-state index in [1.807, 2.05) is 98.8 Å². The number of benzene rings is 9. The second kappa shape index (κ2) is 14.8. The van der Waals surface area contributed by atoms with Crippen LogP contribution in [0, 0.1) is 0 Å². The Balaban J connectivity index is 0.00000208. The summed E-state index contributed by atoms with van der Waals surface area (Å²) >= 11 is 0. The molecule has 0 atom stereocenters. The van der Waals surface area contributed by atoms with E-state index in [9.17, 15) is 0 Å². The van der Waals surface area contributed by atoms with Crippen molar-refractivity contribution in [3.63, 3.8) is 0 Å². The van der Waals surface area contributed by atoms with Crippen LogP contribution in [0.15, 0.2) is 200 Å². The van der Waals surface area contributed by atoms with Crippen molar-refractivity contribution in [3.8, 4) is 68.2 Å². The van der Waals surface area contributed by atoms with Crippen LogP contribution in [0.3, 0.4) is 0 Å². The third-order valence-electron chi connectivity index (χ3n) is 12.2. The molecule has 0 amide bonds. The van der Waals surface area contributed by atoms with Crippen molar-refractivity contribution in [2.45, 2.75) is 13.8 Å². The van der Waals surface area contributed by atoms with Crippen molar-refractivity contribution in [1.82, 2.24) is 0 Å². The average molecular weight is 815 g/mol. The summed E-state index contributed by atoms with van der Waals surface area (Å²) in [6.45, 7) is 3.92. The Kier molecular flexibility index (Phi) is 8.61. The third kappa shape index (κ3) is 5.81. The van der Waals surface area contributed by atoms with Crippen molar-refractivity contribution in [2.75, 3.05) is 9.80 Å². The summed E-state index contributed by atoms with van der Waals surface area (Å²) in [4.78, 5) is 4.53. The predicted molar refractivity (Wildman–Crippen MR) is 256 cm³/mol.